The summed E-state index contributed by atoms with van der Waals surface area (Å²) < 4.78 is 5.08. The molecule has 2 rings (SSSR count). The third-order valence-electron chi connectivity index (χ3n) is 4.28. The molecule has 0 aliphatic heterocycles. The van der Waals surface area contributed by atoms with Gasteiger partial charge in [0, 0.05) is 0 Å². The number of benzene rings is 2. The molecule has 0 bridgehead atoms. The van der Waals surface area contributed by atoms with Gasteiger partial charge in [-0.05, 0) is 48.9 Å². The van der Waals surface area contributed by atoms with Gasteiger partial charge in [-0.3, -0.25) is 9.59 Å². The number of carbonyl (C=O) groups excluding carboxylic acids is 3. The normalized spacial score (nSPS) is 11.7. The Labute approximate surface area is 166 Å². The van der Waals surface area contributed by atoms with Crippen LogP contribution in [0.25, 0.3) is 0 Å². The number of Topliss-reactive ketones (excluding diaryl/α,β-unsaturated/α-hetero) is 1. The van der Waals surface area contributed by atoms with E-state index in [1.54, 1.807) is 12.1 Å². The Morgan fingerprint density at radius 1 is 0.893 bits per heavy atom. The van der Waals surface area contributed by atoms with E-state index in [4.69, 9.17) is 4.74 Å². The van der Waals surface area contributed by atoms with Crippen LogP contribution in [0.3, 0.4) is 0 Å². The highest BCUT2D eigenvalue weighted by atomic mass is 16.5. The number of ketones is 1. The molecule has 0 spiro atoms. The summed E-state index contributed by atoms with van der Waals surface area (Å²) in [5.74, 6) is -0.675. The van der Waals surface area contributed by atoms with E-state index in [2.05, 4.69) is 19.2 Å². The summed E-state index contributed by atoms with van der Waals surface area (Å²) in [6.07, 6.45) is 1.33. The van der Waals surface area contributed by atoms with Crippen LogP contribution in [0, 0.1) is 5.92 Å². The average molecular weight is 381 g/mol. The molecule has 0 fully saturated rings. The van der Waals surface area contributed by atoms with Crippen LogP contribution in [0.15, 0.2) is 54.6 Å². The lowest BCUT2D eigenvalue weighted by atomic mass is 10.0. The van der Waals surface area contributed by atoms with Crippen molar-refractivity contribution in [3.8, 4) is 0 Å². The van der Waals surface area contributed by atoms with Gasteiger partial charge in [-0.25, -0.2) is 4.79 Å². The molecule has 2 aromatic rings. The van der Waals surface area contributed by atoms with Crippen LogP contribution in [-0.2, 0) is 27.2 Å². The lowest BCUT2D eigenvalue weighted by molar-refractivity contribution is -0.128. The zero-order chi connectivity index (χ0) is 20.5. The number of ether oxygens (including phenoxy) is 1. The van der Waals surface area contributed by atoms with Gasteiger partial charge in [-0.15, -0.1) is 0 Å². The molecule has 0 aliphatic rings. The van der Waals surface area contributed by atoms with Gasteiger partial charge in [0.1, 0.15) is 0 Å². The predicted octanol–water partition coefficient (Wildman–Crippen LogP) is 3.36. The first-order valence-electron chi connectivity index (χ1n) is 9.45. The number of amides is 1. The molecular weight excluding hydrogens is 354 g/mol. The second-order valence-electron chi connectivity index (χ2n) is 7.29. The van der Waals surface area contributed by atoms with Gasteiger partial charge in [0.15, 0.2) is 12.4 Å². The fraction of sp³-hybridized carbons (Fsp3) is 0.348. The number of carbonyl (C=O) groups is 3. The summed E-state index contributed by atoms with van der Waals surface area (Å²) in [6.45, 7) is 5.27. The van der Waals surface area contributed by atoms with Gasteiger partial charge in [0.2, 0.25) is 0 Å². The Morgan fingerprint density at radius 3 is 2.07 bits per heavy atom. The third kappa shape index (κ3) is 6.99. The van der Waals surface area contributed by atoms with E-state index in [-0.39, 0.29) is 5.78 Å². The third-order valence-corrected chi connectivity index (χ3v) is 4.28. The largest absolute Gasteiger partial charge is 0.452 e. The van der Waals surface area contributed by atoms with E-state index < -0.39 is 24.5 Å². The predicted molar refractivity (Wildman–Crippen MR) is 108 cm³/mol. The van der Waals surface area contributed by atoms with Crippen LogP contribution >= 0.6 is 0 Å². The molecule has 0 saturated heterocycles. The van der Waals surface area contributed by atoms with Crippen molar-refractivity contribution in [3.05, 3.63) is 71.3 Å². The SMILES string of the molecule is CC(=O)[C@@H](Cc1ccccc1)NC(=O)COC(=O)c1ccc(CC(C)C)cc1. The topological polar surface area (TPSA) is 72.5 Å². The number of esters is 1. The molecule has 0 heterocycles. The van der Waals surface area contributed by atoms with Crippen molar-refractivity contribution < 1.29 is 19.1 Å². The Kier molecular flexibility index (Phi) is 7.93. The fourth-order valence-corrected chi connectivity index (χ4v) is 2.84. The molecule has 1 N–H and O–H groups in total. The molecule has 28 heavy (non-hydrogen) atoms. The maximum Gasteiger partial charge on any atom is 0.338 e. The van der Waals surface area contributed by atoms with Crippen LogP contribution < -0.4 is 5.32 Å². The molecule has 0 unspecified atom stereocenters. The van der Waals surface area contributed by atoms with Gasteiger partial charge >= 0.3 is 5.97 Å². The molecule has 5 heteroatoms. The molecule has 0 radical (unpaired) electrons. The molecular formula is C23H27NO4. The second-order valence-corrected chi connectivity index (χ2v) is 7.29. The van der Waals surface area contributed by atoms with E-state index in [9.17, 15) is 14.4 Å². The van der Waals surface area contributed by atoms with E-state index in [1.807, 2.05) is 42.5 Å². The van der Waals surface area contributed by atoms with Crippen molar-refractivity contribution >= 4 is 17.7 Å². The van der Waals surface area contributed by atoms with Crippen molar-refractivity contribution in [2.45, 2.75) is 39.7 Å². The van der Waals surface area contributed by atoms with Crippen LogP contribution in [0.5, 0.6) is 0 Å². The van der Waals surface area contributed by atoms with E-state index in [1.165, 1.54) is 6.92 Å². The Hall–Kier alpha value is -2.95. The minimum Gasteiger partial charge on any atom is -0.452 e. The molecule has 0 aromatic heterocycles. The van der Waals surface area contributed by atoms with Gasteiger partial charge in [-0.1, -0.05) is 56.3 Å². The highest BCUT2D eigenvalue weighted by Crippen LogP contribution is 2.11. The van der Waals surface area contributed by atoms with Crippen molar-refractivity contribution in [3.63, 3.8) is 0 Å². The molecule has 0 saturated carbocycles. The molecule has 1 amide bonds. The summed E-state index contributed by atoms with van der Waals surface area (Å²) >= 11 is 0. The molecule has 1 atom stereocenters. The zero-order valence-corrected chi connectivity index (χ0v) is 16.6. The summed E-state index contributed by atoms with van der Waals surface area (Å²) in [7, 11) is 0. The van der Waals surface area contributed by atoms with Crippen molar-refractivity contribution in [1.82, 2.24) is 5.32 Å². The minimum atomic E-state index is -0.649. The minimum absolute atomic E-state index is 0.149. The smallest absolute Gasteiger partial charge is 0.338 e. The number of hydrogen-bond acceptors (Lipinski definition) is 4. The lowest BCUT2D eigenvalue weighted by Crippen LogP contribution is -2.43. The molecule has 5 nitrogen and oxygen atoms in total. The summed E-state index contributed by atoms with van der Waals surface area (Å²) in [5.41, 5.74) is 2.49. The maximum absolute atomic E-state index is 12.1. The lowest BCUT2D eigenvalue weighted by Gasteiger charge is -2.16. The van der Waals surface area contributed by atoms with E-state index >= 15 is 0 Å². The van der Waals surface area contributed by atoms with Crippen LogP contribution in [0.4, 0.5) is 0 Å². The average Bonchev–Trinajstić information content (AvgIpc) is 2.66. The van der Waals surface area contributed by atoms with E-state index in [0.29, 0.717) is 17.9 Å². The standard InChI is InChI=1S/C23H27NO4/c1-16(2)13-19-9-11-20(12-10-19)23(27)28-15-22(26)24-21(17(3)25)14-18-7-5-4-6-8-18/h4-12,16,21H,13-15H2,1-3H3,(H,24,26)/t21-/m1/s1. The first kappa shape index (κ1) is 21.4. The van der Waals surface area contributed by atoms with Crippen molar-refractivity contribution in [2.75, 3.05) is 6.61 Å². The molecule has 2 aromatic carbocycles. The second kappa shape index (κ2) is 10.4. The first-order valence-corrected chi connectivity index (χ1v) is 9.45. The first-order chi connectivity index (χ1) is 13.3. The van der Waals surface area contributed by atoms with Gasteiger partial charge in [0.25, 0.3) is 5.91 Å². The Balaban J connectivity index is 1.86. The quantitative estimate of drug-likeness (QED) is 0.676. The molecule has 148 valence electrons. The highest BCUT2D eigenvalue weighted by molar-refractivity contribution is 5.92. The van der Waals surface area contributed by atoms with Crippen LogP contribution in [0.2, 0.25) is 0 Å². The van der Waals surface area contributed by atoms with Crippen LogP contribution in [-0.4, -0.2) is 30.3 Å². The summed E-state index contributed by atoms with van der Waals surface area (Å²) in [4.78, 5) is 36.1. The fourth-order valence-electron chi connectivity index (χ4n) is 2.84. The van der Waals surface area contributed by atoms with Crippen LogP contribution in [0.1, 0.15) is 42.3 Å². The number of hydrogen-bond donors (Lipinski definition) is 1. The Morgan fingerprint density at radius 2 is 1.50 bits per heavy atom. The number of nitrogens with one attached hydrogen (secondary N) is 1. The molecule has 0 aliphatic carbocycles. The number of rotatable bonds is 9. The summed E-state index contributed by atoms with van der Waals surface area (Å²) in [6, 6.07) is 16.0. The van der Waals surface area contributed by atoms with Crippen molar-refractivity contribution in [1.29, 1.82) is 0 Å². The summed E-state index contributed by atoms with van der Waals surface area (Å²) in [5, 5.41) is 2.64. The monoisotopic (exact) mass is 381 g/mol. The zero-order valence-electron chi connectivity index (χ0n) is 16.6. The van der Waals surface area contributed by atoms with Crippen molar-refractivity contribution in [2.24, 2.45) is 5.92 Å². The maximum atomic E-state index is 12.1. The highest BCUT2D eigenvalue weighted by Gasteiger charge is 2.19. The van der Waals surface area contributed by atoms with Gasteiger partial charge in [0.05, 0.1) is 11.6 Å². The van der Waals surface area contributed by atoms with Gasteiger partial charge < -0.3 is 10.1 Å². The Bertz CT molecular complexity index is 797. The van der Waals surface area contributed by atoms with Gasteiger partial charge in [-0.2, -0.15) is 0 Å². The van der Waals surface area contributed by atoms with E-state index in [0.717, 1.165) is 17.5 Å².